The van der Waals surface area contributed by atoms with E-state index in [4.69, 9.17) is 4.74 Å². The number of thiophene rings is 1. The first-order valence-corrected chi connectivity index (χ1v) is 10.5. The summed E-state index contributed by atoms with van der Waals surface area (Å²) in [6, 6.07) is 7.97. The predicted octanol–water partition coefficient (Wildman–Crippen LogP) is 3.95. The number of likely N-dealkylation sites (tertiary alicyclic amines) is 1. The molecule has 1 unspecified atom stereocenters. The topological polar surface area (TPSA) is 64.4 Å². The number of amides is 1. The summed E-state index contributed by atoms with van der Waals surface area (Å²) in [7, 11) is 0. The number of esters is 1. The average Bonchev–Trinajstić information content (AvgIpc) is 3.29. The quantitative estimate of drug-likeness (QED) is 0.606. The molecule has 1 aliphatic rings. The van der Waals surface area contributed by atoms with Crippen LogP contribution < -0.4 is 0 Å². The number of hydrogen-bond acceptors (Lipinski definition) is 5. The van der Waals surface area contributed by atoms with Crippen molar-refractivity contribution in [1.29, 1.82) is 0 Å². The lowest BCUT2D eigenvalue weighted by Gasteiger charge is -2.31. The van der Waals surface area contributed by atoms with E-state index in [-0.39, 0.29) is 23.6 Å². The third-order valence-electron chi connectivity index (χ3n) is 5.16. The molecule has 0 spiro atoms. The second kappa shape index (κ2) is 7.94. The summed E-state index contributed by atoms with van der Waals surface area (Å²) < 4.78 is 20.1. The molecule has 0 bridgehead atoms. The number of benzene rings is 1. The van der Waals surface area contributed by atoms with E-state index >= 15 is 0 Å². The number of fused-ring (bicyclic) bond motifs is 1. The molecule has 1 atom stereocenters. The van der Waals surface area contributed by atoms with Crippen molar-refractivity contribution in [3.8, 4) is 5.69 Å². The molecule has 1 aliphatic heterocycles. The van der Waals surface area contributed by atoms with Crippen molar-refractivity contribution in [2.24, 2.45) is 5.92 Å². The third-order valence-corrected chi connectivity index (χ3v) is 6.25. The number of carbonyl (C=O) groups is 2. The lowest BCUT2D eigenvalue weighted by Crippen LogP contribution is -2.42. The van der Waals surface area contributed by atoms with Crippen LogP contribution in [-0.2, 0) is 9.53 Å². The highest BCUT2D eigenvalue weighted by Crippen LogP contribution is 2.32. The Morgan fingerprint density at radius 1 is 1.31 bits per heavy atom. The summed E-state index contributed by atoms with van der Waals surface area (Å²) in [6.07, 6.45) is 1.52. The zero-order valence-electron chi connectivity index (χ0n) is 16.4. The van der Waals surface area contributed by atoms with Crippen LogP contribution in [0.15, 0.2) is 30.3 Å². The highest BCUT2D eigenvalue weighted by atomic mass is 32.1. The van der Waals surface area contributed by atoms with Crippen molar-refractivity contribution >= 4 is 33.4 Å². The summed E-state index contributed by atoms with van der Waals surface area (Å²) in [6.45, 7) is 5.04. The molecule has 8 heteroatoms. The van der Waals surface area contributed by atoms with Gasteiger partial charge in [-0.05, 0) is 57.0 Å². The fourth-order valence-corrected chi connectivity index (χ4v) is 4.83. The molecule has 1 fully saturated rings. The van der Waals surface area contributed by atoms with Gasteiger partial charge in [-0.2, -0.15) is 5.10 Å². The molecular weight excluding hydrogens is 393 g/mol. The fraction of sp³-hybridized carbons (Fsp3) is 0.381. The van der Waals surface area contributed by atoms with Crippen molar-refractivity contribution in [3.05, 3.63) is 46.7 Å². The van der Waals surface area contributed by atoms with Crippen LogP contribution in [0.1, 0.15) is 35.1 Å². The smallest absolute Gasteiger partial charge is 0.310 e. The van der Waals surface area contributed by atoms with E-state index in [0.29, 0.717) is 24.6 Å². The summed E-state index contributed by atoms with van der Waals surface area (Å²) in [5.74, 6) is -0.884. The van der Waals surface area contributed by atoms with Crippen LogP contribution in [0.3, 0.4) is 0 Å². The van der Waals surface area contributed by atoms with Gasteiger partial charge in [-0.25, -0.2) is 9.07 Å². The molecular formula is C21H22FN3O3S. The van der Waals surface area contributed by atoms with Crippen LogP contribution in [0.5, 0.6) is 0 Å². The van der Waals surface area contributed by atoms with Crippen LogP contribution in [0.25, 0.3) is 15.9 Å². The molecule has 1 aromatic carbocycles. The number of aromatic nitrogens is 2. The SMILES string of the molecule is CCOC(=O)C1CCCN(C(=O)c2cc3c(C)nn(-c4ccc(F)cc4)c3s2)C1. The van der Waals surface area contributed by atoms with Crippen molar-refractivity contribution < 1.29 is 18.7 Å². The van der Waals surface area contributed by atoms with Crippen LogP contribution in [-0.4, -0.2) is 46.3 Å². The molecule has 1 saturated heterocycles. The second-order valence-corrected chi connectivity index (χ2v) is 8.18. The Morgan fingerprint density at radius 2 is 2.07 bits per heavy atom. The predicted molar refractivity (Wildman–Crippen MR) is 109 cm³/mol. The van der Waals surface area contributed by atoms with E-state index in [1.807, 2.05) is 13.0 Å². The number of rotatable bonds is 4. The minimum Gasteiger partial charge on any atom is -0.466 e. The summed E-state index contributed by atoms with van der Waals surface area (Å²) in [4.78, 5) is 28.4. The first-order chi connectivity index (χ1) is 14.0. The van der Waals surface area contributed by atoms with Gasteiger partial charge in [-0.1, -0.05) is 0 Å². The minimum absolute atomic E-state index is 0.0785. The van der Waals surface area contributed by atoms with Gasteiger partial charge in [0, 0.05) is 18.5 Å². The molecule has 4 rings (SSSR count). The summed E-state index contributed by atoms with van der Waals surface area (Å²) in [5, 5.41) is 5.44. The number of hydrogen-bond donors (Lipinski definition) is 0. The van der Waals surface area contributed by atoms with E-state index in [0.717, 1.165) is 34.4 Å². The maximum atomic E-state index is 13.3. The van der Waals surface area contributed by atoms with Gasteiger partial charge in [0.15, 0.2) is 0 Å². The lowest BCUT2D eigenvalue weighted by molar-refractivity contribution is -0.149. The number of ether oxygens (including phenoxy) is 1. The van der Waals surface area contributed by atoms with Gasteiger partial charge in [-0.15, -0.1) is 11.3 Å². The van der Waals surface area contributed by atoms with Crippen molar-refractivity contribution in [2.75, 3.05) is 19.7 Å². The minimum atomic E-state index is -0.308. The van der Waals surface area contributed by atoms with E-state index in [1.54, 1.807) is 28.6 Å². The molecule has 0 aliphatic carbocycles. The Balaban J connectivity index is 1.61. The van der Waals surface area contributed by atoms with Crippen molar-refractivity contribution in [3.63, 3.8) is 0 Å². The van der Waals surface area contributed by atoms with Gasteiger partial charge in [0.25, 0.3) is 5.91 Å². The van der Waals surface area contributed by atoms with Crippen LogP contribution >= 0.6 is 11.3 Å². The molecule has 0 N–H and O–H groups in total. The molecule has 29 heavy (non-hydrogen) atoms. The molecule has 0 radical (unpaired) electrons. The highest BCUT2D eigenvalue weighted by Gasteiger charge is 2.31. The maximum Gasteiger partial charge on any atom is 0.310 e. The normalized spacial score (nSPS) is 16.9. The molecule has 0 saturated carbocycles. The Bertz CT molecular complexity index is 1060. The Morgan fingerprint density at radius 3 is 2.79 bits per heavy atom. The standard InChI is InChI=1S/C21H22FN3O3S/c1-3-28-21(27)14-5-4-10-24(12-14)19(26)18-11-17-13(2)23-25(20(17)29-18)16-8-6-15(22)7-9-16/h6-9,11,14H,3-5,10,12H2,1-2H3. The van der Waals surface area contributed by atoms with Gasteiger partial charge in [0.2, 0.25) is 0 Å². The molecule has 2 aromatic heterocycles. The molecule has 152 valence electrons. The summed E-state index contributed by atoms with van der Waals surface area (Å²) in [5.41, 5.74) is 1.55. The van der Waals surface area contributed by atoms with Gasteiger partial charge in [-0.3, -0.25) is 9.59 Å². The van der Waals surface area contributed by atoms with E-state index in [9.17, 15) is 14.0 Å². The van der Waals surface area contributed by atoms with Crippen molar-refractivity contribution in [2.45, 2.75) is 26.7 Å². The molecule has 3 heterocycles. The monoisotopic (exact) mass is 415 g/mol. The van der Waals surface area contributed by atoms with Crippen LogP contribution in [0.2, 0.25) is 0 Å². The number of carbonyl (C=O) groups excluding carboxylic acids is 2. The van der Waals surface area contributed by atoms with E-state index < -0.39 is 0 Å². The van der Waals surface area contributed by atoms with Gasteiger partial charge < -0.3 is 9.64 Å². The fourth-order valence-electron chi connectivity index (χ4n) is 3.68. The van der Waals surface area contributed by atoms with Crippen LogP contribution in [0, 0.1) is 18.7 Å². The number of halogens is 1. The van der Waals surface area contributed by atoms with Crippen molar-refractivity contribution in [1.82, 2.24) is 14.7 Å². The Kier molecular flexibility index (Phi) is 5.36. The Hall–Kier alpha value is -2.74. The highest BCUT2D eigenvalue weighted by molar-refractivity contribution is 7.20. The number of nitrogens with zero attached hydrogens (tertiary/aromatic N) is 3. The second-order valence-electron chi connectivity index (χ2n) is 7.15. The molecule has 6 nitrogen and oxygen atoms in total. The zero-order chi connectivity index (χ0) is 20.5. The maximum absolute atomic E-state index is 13.3. The number of piperidine rings is 1. The van der Waals surface area contributed by atoms with Gasteiger partial charge >= 0.3 is 5.97 Å². The van der Waals surface area contributed by atoms with Gasteiger partial charge in [0.05, 0.1) is 28.8 Å². The summed E-state index contributed by atoms with van der Waals surface area (Å²) >= 11 is 1.36. The first-order valence-electron chi connectivity index (χ1n) is 9.69. The van der Waals surface area contributed by atoms with Crippen LogP contribution in [0.4, 0.5) is 4.39 Å². The average molecular weight is 415 g/mol. The van der Waals surface area contributed by atoms with E-state index in [1.165, 1.54) is 23.5 Å². The number of aryl methyl sites for hydroxylation is 1. The van der Waals surface area contributed by atoms with E-state index in [2.05, 4.69) is 5.10 Å². The van der Waals surface area contributed by atoms with Gasteiger partial charge in [0.1, 0.15) is 10.6 Å². The first kappa shape index (κ1) is 19.6. The lowest BCUT2D eigenvalue weighted by atomic mass is 9.98. The largest absolute Gasteiger partial charge is 0.466 e. The molecule has 3 aromatic rings. The Labute approximate surface area is 171 Å². The third kappa shape index (κ3) is 3.76. The zero-order valence-corrected chi connectivity index (χ0v) is 17.2. The molecule has 1 amide bonds.